The highest BCUT2D eigenvalue weighted by Crippen LogP contribution is 2.24. The molecule has 0 bridgehead atoms. The van der Waals surface area contributed by atoms with E-state index in [1.165, 1.54) is 16.7 Å². The van der Waals surface area contributed by atoms with Crippen molar-refractivity contribution in [3.05, 3.63) is 34.9 Å². The van der Waals surface area contributed by atoms with Crippen LogP contribution >= 0.6 is 0 Å². The monoisotopic (exact) mass is 277 g/mol. The van der Waals surface area contributed by atoms with Crippen LogP contribution < -0.4 is 0 Å². The second-order valence-electron chi connectivity index (χ2n) is 5.93. The van der Waals surface area contributed by atoms with Gasteiger partial charge in [-0.15, -0.1) is 0 Å². The van der Waals surface area contributed by atoms with Crippen LogP contribution in [0.4, 0.5) is 0 Å². The summed E-state index contributed by atoms with van der Waals surface area (Å²) >= 11 is 0. The number of aliphatic carboxylic acids is 1. The second-order valence-corrected chi connectivity index (χ2v) is 5.93. The molecule has 0 spiro atoms. The zero-order valence-corrected chi connectivity index (χ0v) is 13.3. The highest BCUT2D eigenvalue weighted by molar-refractivity contribution is 5.66. The van der Waals surface area contributed by atoms with Crippen LogP contribution in [-0.4, -0.2) is 28.6 Å². The van der Waals surface area contributed by atoms with Crippen molar-refractivity contribution in [3.8, 4) is 0 Å². The van der Waals surface area contributed by atoms with E-state index in [0.717, 1.165) is 6.54 Å². The fraction of sp³-hybridized carbons (Fsp3) is 0.588. The van der Waals surface area contributed by atoms with Crippen molar-refractivity contribution in [2.75, 3.05) is 6.54 Å². The quantitative estimate of drug-likeness (QED) is 0.820. The van der Waals surface area contributed by atoms with Gasteiger partial charge < -0.3 is 5.11 Å². The summed E-state index contributed by atoms with van der Waals surface area (Å²) in [5, 5.41) is 8.77. The lowest BCUT2D eigenvalue weighted by Crippen LogP contribution is -2.34. The Labute approximate surface area is 122 Å². The fourth-order valence-corrected chi connectivity index (χ4v) is 2.75. The molecule has 1 unspecified atom stereocenters. The van der Waals surface area contributed by atoms with Gasteiger partial charge in [-0.05, 0) is 53.1 Å². The Hall–Kier alpha value is -1.35. The van der Waals surface area contributed by atoms with Crippen molar-refractivity contribution in [3.63, 3.8) is 0 Å². The van der Waals surface area contributed by atoms with E-state index in [4.69, 9.17) is 5.11 Å². The highest BCUT2D eigenvalue weighted by Gasteiger charge is 2.19. The maximum Gasteiger partial charge on any atom is 0.303 e. The molecule has 0 aliphatic heterocycles. The third-order valence-corrected chi connectivity index (χ3v) is 3.69. The van der Waals surface area contributed by atoms with Gasteiger partial charge in [-0.25, -0.2) is 0 Å². The summed E-state index contributed by atoms with van der Waals surface area (Å²) in [5.41, 5.74) is 3.87. The lowest BCUT2D eigenvalue weighted by atomic mass is 10.00. The van der Waals surface area contributed by atoms with Gasteiger partial charge in [0.05, 0.1) is 0 Å². The van der Waals surface area contributed by atoms with Crippen molar-refractivity contribution in [1.29, 1.82) is 0 Å². The minimum Gasteiger partial charge on any atom is -0.481 e. The first kappa shape index (κ1) is 16.7. The van der Waals surface area contributed by atoms with Gasteiger partial charge >= 0.3 is 5.97 Å². The van der Waals surface area contributed by atoms with E-state index >= 15 is 0 Å². The lowest BCUT2D eigenvalue weighted by molar-refractivity contribution is -0.137. The molecular formula is C17H27NO2. The molecule has 1 rings (SSSR count). The van der Waals surface area contributed by atoms with Crippen molar-refractivity contribution < 1.29 is 9.90 Å². The maximum atomic E-state index is 10.7. The molecule has 1 N–H and O–H groups in total. The number of benzene rings is 1. The average molecular weight is 277 g/mol. The van der Waals surface area contributed by atoms with Crippen LogP contribution in [0.5, 0.6) is 0 Å². The van der Waals surface area contributed by atoms with Gasteiger partial charge in [0.25, 0.3) is 0 Å². The lowest BCUT2D eigenvalue weighted by Gasteiger charge is -2.33. The largest absolute Gasteiger partial charge is 0.481 e. The zero-order valence-electron chi connectivity index (χ0n) is 13.3. The van der Waals surface area contributed by atoms with Gasteiger partial charge in [0.2, 0.25) is 0 Å². The normalized spacial score (nSPS) is 12.9. The molecule has 1 atom stereocenters. The third kappa shape index (κ3) is 4.97. The SMILES string of the molecule is Cc1cc(C)cc(C(C)N(CCCC(=O)O)C(C)C)c1. The summed E-state index contributed by atoms with van der Waals surface area (Å²) in [5.74, 6) is -0.715. The Balaban J connectivity index is 2.82. The Bertz CT molecular complexity index is 434. The number of rotatable bonds is 7. The molecule has 1 aromatic carbocycles. The number of hydrogen-bond donors (Lipinski definition) is 1. The maximum absolute atomic E-state index is 10.7. The fourth-order valence-electron chi connectivity index (χ4n) is 2.75. The number of carboxylic acids is 1. The van der Waals surface area contributed by atoms with Crippen LogP contribution in [-0.2, 0) is 4.79 Å². The molecule has 0 saturated heterocycles. The summed E-state index contributed by atoms with van der Waals surface area (Å²) in [6, 6.07) is 7.34. The summed E-state index contributed by atoms with van der Waals surface area (Å²) < 4.78 is 0. The number of nitrogens with zero attached hydrogens (tertiary/aromatic N) is 1. The summed E-state index contributed by atoms with van der Waals surface area (Å²) in [7, 11) is 0. The molecule has 0 fully saturated rings. The van der Waals surface area contributed by atoms with Crippen LogP contribution in [0.2, 0.25) is 0 Å². The summed E-state index contributed by atoms with van der Waals surface area (Å²) in [6.45, 7) is 11.6. The smallest absolute Gasteiger partial charge is 0.303 e. The first-order valence-corrected chi connectivity index (χ1v) is 7.37. The summed E-state index contributed by atoms with van der Waals surface area (Å²) in [6.07, 6.45) is 0.936. The standard InChI is InChI=1S/C17H27NO2/c1-12(2)18(8-6-7-17(19)20)15(5)16-10-13(3)9-14(4)11-16/h9-12,15H,6-8H2,1-5H3,(H,19,20). The van der Waals surface area contributed by atoms with E-state index in [-0.39, 0.29) is 6.42 Å². The van der Waals surface area contributed by atoms with Crippen molar-refractivity contribution in [2.24, 2.45) is 0 Å². The molecule has 0 aromatic heterocycles. The number of carbonyl (C=O) groups is 1. The van der Waals surface area contributed by atoms with E-state index in [0.29, 0.717) is 18.5 Å². The molecule has 3 heteroatoms. The molecular weight excluding hydrogens is 250 g/mol. The van der Waals surface area contributed by atoms with E-state index in [1.807, 2.05) is 0 Å². The third-order valence-electron chi connectivity index (χ3n) is 3.69. The van der Waals surface area contributed by atoms with Gasteiger partial charge in [-0.2, -0.15) is 0 Å². The van der Waals surface area contributed by atoms with Gasteiger partial charge in [-0.1, -0.05) is 29.3 Å². The van der Waals surface area contributed by atoms with Crippen LogP contribution in [0.3, 0.4) is 0 Å². The van der Waals surface area contributed by atoms with Crippen LogP contribution in [0, 0.1) is 13.8 Å². The Morgan fingerprint density at radius 1 is 1.15 bits per heavy atom. The van der Waals surface area contributed by atoms with Crippen molar-refractivity contribution in [2.45, 2.75) is 59.5 Å². The predicted octanol–water partition coefficient (Wildman–Crippen LogP) is 3.94. The van der Waals surface area contributed by atoms with E-state index in [9.17, 15) is 4.79 Å². The Kier molecular flexibility index (Phi) is 6.21. The average Bonchev–Trinajstić information content (AvgIpc) is 2.31. The molecule has 0 amide bonds. The number of carboxylic acid groups (broad SMARTS) is 1. The second kappa shape index (κ2) is 7.44. The van der Waals surface area contributed by atoms with E-state index < -0.39 is 5.97 Å². The molecule has 0 saturated carbocycles. The van der Waals surface area contributed by atoms with Gasteiger partial charge in [0.15, 0.2) is 0 Å². The molecule has 0 radical (unpaired) electrons. The highest BCUT2D eigenvalue weighted by atomic mass is 16.4. The van der Waals surface area contributed by atoms with E-state index in [2.05, 4.69) is 57.7 Å². The first-order chi connectivity index (χ1) is 9.31. The zero-order chi connectivity index (χ0) is 15.3. The minimum absolute atomic E-state index is 0.239. The Morgan fingerprint density at radius 2 is 1.70 bits per heavy atom. The first-order valence-electron chi connectivity index (χ1n) is 7.37. The van der Waals surface area contributed by atoms with Gasteiger partial charge in [0, 0.05) is 18.5 Å². The van der Waals surface area contributed by atoms with Crippen LogP contribution in [0.15, 0.2) is 18.2 Å². The molecule has 112 valence electrons. The van der Waals surface area contributed by atoms with Gasteiger partial charge in [-0.3, -0.25) is 9.69 Å². The molecule has 1 aromatic rings. The Morgan fingerprint density at radius 3 is 2.15 bits per heavy atom. The minimum atomic E-state index is -0.715. The molecule has 0 heterocycles. The molecule has 0 aliphatic rings. The summed E-state index contributed by atoms with van der Waals surface area (Å²) in [4.78, 5) is 13.0. The van der Waals surface area contributed by atoms with Gasteiger partial charge in [0.1, 0.15) is 0 Å². The number of aryl methyl sites for hydroxylation is 2. The van der Waals surface area contributed by atoms with Crippen LogP contribution in [0.1, 0.15) is 56.3 Å². The number of hydrogen-bond acceptors (Lipinski definition) is 2. The van der Waals surface area contributed by atoms with E-state index in [1.54, 1.807) is 0 Å². The van der Waals surface area contributed by atoms with Crippen LogP contribution in [0.25, 0.3) is 0 Å². The molecule has 3 nitrogen and oxygen atoms in total. The molecule has 20 heavy (non-hydrogen) atoms. The van der Waals surface area contributed by atoms with Crippen molar-refractivity contribution >= 4 is 5.97 Å². The predicted molar refractivity (Wildman–Crippen MR) is 83.0 cm³/mol. The molecule has 0 aliphatic carbocycles. The topological polar surface area (TPSA) is 40.5 Å². The van der Waals surface area contributed by atoms with Crippen molar-refractivity contribution in [1.82, 2.24) is 4.90 Å².